The van der Waals surface area contributed by atoms with E-state index in [4.69, 9.17) is 13.8 Å². The number of nitrogens with zero attached hydrogens (tertiary/aromatic N) is 1. The molecule has 0 aromatic heterocycles. The first kappa shape index (κ1) is 21.4. The molecule has 0 N–H and O–H groups in total. The summed E-state index contributed by atoms with van der Waals surface area (Å²) in [6, 6.07) is -0.293. The highest BCUT2D eigenvalue weighted by Crippen LogP contribution is 2.54. The molecule has 22 heavy (non-hydrogen) atoms. The van der Waals surface area contributed by atoms with Gasteiger partial charge in [0.25, 0.3) is 0 Å². The third-order valence-corrected chi connectivity index (χ3v) is 5.08. The van der Waals surface area contributed by atoms with Crippen LogP contribution in [0.3, 0.4) is 0 Å². The van der Waals surface area contributed by atoms with E-state index >= 15 is 0 Å². The number of ether oxygens (including phenoxy) is 1. The molecule has 0 bridgehead atoms. The predicted octanol–water partition coefficient (Wildman–Crippen LogP) is 4.98. The van der Waals surface area contributed by atoms with Gasteiger partial charge < -0.3 is 4.74 Å². The lowest BCUT2D eigenvalue weighted by Crippen LogP contribution is -2.41. The molecule has 1 atom stereocenters. The Morgan fingerprint density at radius 3 is 2.00 bits per heavy atom. The molecule has 1 unspecified atom stereocenters. The third kappa shape index (κ3) is 7.12. The Hall–Kier alpha value is -0.580. The molecule has 0 aromatic rings. The summed E-state index contributed by atoms with van der Waals surface area (Å²) in [6.45, 7) is 13.0. The normalized spacial score (nSPS) is 13.8. The van der Waals surface area contributed by atoms with E-state index in [9.17, 15) is 9.36 Å². The summed E-state index contributed by atoms with van der Waals surface area (Å²) in [4.78, 5) is 12.5. The quantitative estimate of drug-likeness (QED) is 0.555. The Bertz CT molecular complexity index is 371. The molecular weight excluding hydrogens is 305 g/mol. The van der Waals surface area contributed by atoms with Crippen LogP contribution >= 0.6 is 7.75 Å². The second-order valence-electron chi connectivity index (χ2n) is 6.12. The SMILES string of the molecule is CCCCC(C)N(C(=O)OC(C)(C)C)P(=O)(OCC)OCC. The molecule has 7 heteroatoms. The van der Waals surface area contributed by atoms with E-state index in [0.29, 0.717) is 6.42 Å². The summed E-state index contributed by atoms with van der Waals surface area (Å²) in [5.41, 5.74) is -0.678. The summed E-state index contributed by atoms with van der Waals surface area (Å²) in [7, 11) is -3.71. The highest BCUT2D eigenvalue weighted by Gasteiger charge is 2.42. The Morgan fingerprint density at radius 2 is 1.64 bits per heavy atom. The van der Waals surface area contributed by atoms with Gasteiger partial charge in [-0.15, -0.1) is 0 Å². The molecule has 0 saturated heterocycles. The first-order valence-electron chi connectivity index (χ1n) is 8.03. The van der Waals surface area contributed by atoms with Gasteiger partial charge in [0, 0.05) is 6.04 Å². The summed E-state index contributed by atoms with van der Waals surface area (Å²) in [6.07, 6.45) is 1.94. The van der Waals surface area contributed by atoms with Gasteiger partial charge in [-0.1, -0.05) is 19.8 Å². The van der Waals surface area contributed by atoms with Gasteiger partial charge in [0.05, 0.1) is 13.2 Å². The van der Waals surface area contributed by atoms with E-state index in [1.54, 1.807) is 34.6 Å². The lowest BCUT2D eigenvalue weighted by Gasteiger charge is -2.35. The van der Waals surface area contributed by atoms with E-state index < -0.39 is 19.4 Å². The molecule has 6 nitrogen and oxygen atoms in total. The zero-order valence-corrected chi connectivity index (χ0v) is 15.9. The second-order valence-corrected chi connectivity index (χ2v) is 8.00. The van der Waals surface area contributed by atoms with Gasteiger partial charge in [0.2, 0.25) is 0 Å². The number of hydrogen-bond acceptors (Lipinski definition) is 5. The van der Waals surface area contributed by atoms with Crippen LogP contribution in [-0.4, -0.2) is 35.6 Å². The van der Waals surface area contributed by atoms with Crippen molar-refractivity contribution in [2.75, 3.05) is 13.2 Å². The molecule has 0 aromatic carbocycles. The first-order valence-corrected chi connectivity index (χ1v) is 9.52. The average molecular weight is 337 g/mol. The van der Waals surface area contributed by atoms with Crippen LogP contribution in [0.25, 0.3) is 0 Å². The Labute approximate surface area is 135 Å². The largest absolute Gasteiger partial charge is 0.443 e. The lowest BCUT2D eigenvalue weighted by molar-refractivity contribution is 0.0256. The fourth-order valence-electron chi connectivity index (χ4n) is 1.94. The maximum absolute atomic E-state index is 13.0. The van der Waals surface area contributed by atoms with Crippen LogP contribution < -0.4 is 0 Å². The van der Waals surface area contributed by atoms with E-state index in [0.717, 1.165) is 17.5 Å². The zero-order chi connectivity index (χ0) is 17.4. The number of unbranched alkanes of at least 4 members (excludes halogenated alkanes) is 1. The standard InChI is InChI=1S/C15H32NO5P/c1-8-11-12-13(4)16(14(17)21-15(5,6)7)22(18,19-9-2)20-10-3/h13H,8-12H2,1-7H3. The Balaban J connectivity index is 5.45. The van der Waals surface area contributed by atoms with Gasteiger partial charge >= 0.3 is 13.8 Å². The van der Waals surface area contributed by atoms with E-state index in [1.165, 1.54) is 0 Å². The van der Waals surface area contributed by atoms with E-state index in [1.807, 2.05) is 6.92 Å². The van der Waals surface area contributed by atoms with Crippen molar-refractivity contribution in [1.29, 1.82) is 0 Å². The maximum atomic E-state index is 13.0. The van der Waals surface area contributed by atoms with Crippen molar-refractivity contribution >= 4 is 13.8 Å². The fraction of sp³-hybridized carbons (Fsp3) is 0.933. The second kappa shape index (κ2) is 9.53. The van der Waals surface area contributed by atoms with Crippen molar-refractivity contribution < 1.29 is 23.1 Å². The minimum atomic E-state index is -3.71. The molecule has 0 saturated carbocycles. The van der Waals surface area contributed by atoms with Crippen LogP contribution in [0.4, 0.5) is 4.79 Å². The Kier molecular flexibility index (Phi) is 9.28. The van der Waals surface area contributed by atoms with Crippen LogP contribution in [0, 0.1) is 0 Å². The van der Waals surface area contributed by atoms with Gasteiger partial charge in [-0.3, -0.25) is 9.05 Å². The molecular formula is C15H32NO5P. The molecule has 0 heterocycles. The molecule has 0 rings (SSSR count). The van der Waals surface area contributed by atoms with Crippen molar-refractivity contribution in [2.45, 2.75) is 79.4 Å². The van der Waals surface area contributed by atoms with Crippen LogP contribution in [0.15, 0.2) is 0 Å². The monoisotopic (exact) mass is 337 g/mol. The van der Waals surface area contributed by atoms with Crippen LogP contribution in [0.1, 0.15) is 67.7 Å². The molecule has 0 spiro atoms. The molecule has 0 fully saturated rings. The van der Waals surface area contributed by atoms with Crippen molar-refractivity contribution in [1.82, 2.24) is 4.67 Å². The summed E-state index contributed by atoms with van der Waals surface area (Å²) in [5, 5.41) is 0. The number of hydrogen-bond donors (Lipinski definition) is 0. The van der Waals surface area contributed by atoms with Gasteiger partial charge in [0.1, 0.15) is 5.60 Å². The topological polar surface area (TPSA) is 65.1 Å². The van der Waals surface area contributed by atoms with Crippen molar-refractivity contribution in [2.24, 2.45) is 0 Å². The molecule has 132 valence electrons. The van der Waals surface area contributed by atoms with Crippen LogP contribution in [0.5, 0.6) is 0 Å². The maximum Gasteiger partial charge on any atom is 0.440 e. The minimum absolute atomic E-state index is 0.192. The van der Waals surface area contributed by atoms with Crippen molar-refractivity contribution in [3.05, 3.63) is 0 Å². The highest BCUT2D eigenvalue weighted by molar-refractivity contribution is 7.52. The first-order chi connectivity index (χ1) is 10.1. The molecule has 1 amide bonds. The van der Waals surface area contributed by atoms with Crippen LogP contribution in [0.2, 0.25) is 0 Å². The molecule has 0 aliphatic carbocycles. The summed E-state index contributed by atoms with van der Waals surface area (Å²) < 4.78 is 30.2. The summed E-state index contributed by atoms with van der Waals surface area (Å²) >= 11 is 0. The van der Waals surface area contributed by atoms with E-state index in [2.05, 4.69) is 6.92 Å². The van der Waals surface area contributed by atoms with E-state index in [-0.39, 0.29) is 19.3 Å². The summed E-state index contributed by atoms with van der Waals surface area (Å²) in [5.74, 6) is 0. The number of rotatable bonds is 9. The average Bonchev–Trinajstić information content (AvgIpc) is 2.34. The van der Waals surface area contributed by atoms with Gasteiger partial charge in [0.15, 0.2) is 0 Å². The zero-order valence-electron chi connectivity index (χ0n) is 15.0. The van der Waals surface area contributed by atoms with Gasteiger partial charge in [-0.25, -0.2) is 14.0 Å². The van der Waals surface area contributed by atoms with Gasteiger partial charge in [-0.2, -0.15) is 0 Å². The molecule has 0 aliphatic heterocycles. The van der Waals surface area contributed by atoms with Crippen molar-refractivity contribution in [3.8, 4) is 0 Å². The van der Waals surface area contributed by atoms with Crippen LogP contribution in [-0.2, 0) is 18.3 Å². The Morgan fingerprint density at radius 1 is 1.14 bits per heavy atom. The minimum Gasteiger partial charge on any atom is -0.443 e. The predicted molar refractivity (Wildman–Crippen MR) is 87.9 cm³/mol. The number of carbonyl (C=O) groups is 1. The third-order valence-electron chi connectivity index (χ3n) is 2.82. The molecule has 0 aliphatic rings. The number of amides is 1. The smallest absolute Gasteiger partial charge is 0.440 e. The fourth-order valence-corrected chi connectivity index (χ4v) is 3.75. The highest BCUT2D eigenvalue weighted by atomic mass is 31.2. The number of carbonyl (C=O) groups excluding carboxylic acids is 1. The van der Waals surface area contributed by atoms with Gasteiger partial charge in [-0.05, 0) is 48.0 Å². The lowest BCUT2D eigenvalue weighted by atomic mass is 10.1. The van der Waals surface area contributed by atoms with Crippen molar-refractivity contribution in [3.63, 3.8) is 0 Å². The molecule has 0 radical (unpaired) electrons.